The Balaban J connectivity index is 2.14. The van der Waals surface area contributed by atoms with E-state index in [2.05, 4.69) is 0 Å². The molecule has 0 saturated heterocycles. The van der Waals surface area contributed by atoms with E-state index in [-0.39, 0.29) is 11.6 Å². The number of fused-ring (bicyclic) bond motifs is 4. The van der Waals surface area contributed by atoms with Crippen molar-refractivity contribution >= 4 is 17.1 Å². The maximum absolute atomic E-state index is 12.6. The SMILES string of the molecule is O=C1c2ccccc2C(=O)c2c1cn1ccccc21. The van der Waals surface area contributed by atoms with Crippen LogP contribution in [0.15, 0.2) is 54.9 Å². The predicted molar refractivity (Wildman–Crippen MR) is 70.7 cm³/mol. The maximum atomic E-state index is 12.6. The second-order valence-electron chi connectivity index (χ2n) is 4.61. The first-order valence-electron chi connectivity index (χ1n) is 6.05. The third-order valence-corrected chi connectivity index (χ3v) is 3.57. The van der Waals surface area contributed by atoms with Gasteiger partial charge in [0.25, 0.3) is 0 Å². The minimum Gasteiger partial charge on any atom is -0.322 e. The monoisotopic (exact) mass is 247 g/mol. The Morgan fingerprint density at radius 2 is 1.42 bits per heavy atom. The molecule has 3 nitrogen and oxygen atoms in total. The van der Waals surface area contributed by atoms with Crippen molar-refractivity contribution in [2.75, 3.05) is 0 Å². The number of pyridine rings is 1. The molecule has 3 aromatic rings. The van der Waals surface area contributed by atoms with Gasteiger partial charge in [0.1, 0.15) is 0 Å². The lowest BCUT2D eigenvalue weighted by atomic mass is 9.86. The van der Waals surface area contributed by atoms with Crippen molar-refractivity contribution in [2.45, 2.75) is 0 Å². The molecule has 0 bridgehead atoms. The Morgan fingerprint density at radius 3 is 2.21 bits per heavy atom. The van der Waals surface area contributed by atoms with Gasteiger partial charge in [0.05, 0.1) is 16.6 Å². The van der Waals surface area contributed by atoms with E-state index < -0.39 is 0 Å². The fraction of sp³-hybridized carbons (Fsp3) is 0. The van der Waals surface area contributed by atoms with Gasteiger partial charge in [0.2, 0.25) is 0 Å². The number of hydrogen-bond donors (Lipinski definition) is 0. The van der Waals surface area contributed by atoms with Crippen LogP contribution in [0.4, 0.5) is 0 Å². The summed E-state index contributed by atoms with van der Waals surface area (Å²) in [4.78, 5) is 25.0. The van der Waals surface area contributed by atoms with Crippen molar-refractivity contribution in [2.24, 2.45) is 0 Å². The van der Waals surface area contributed by atoms with Crippen LogP contribution >= 0.6 is 0 Å². The van der Waals surface area contributed by atoms with Crippen LogP contribution in [0.2, 0.25) is 0 Å². The molecular weight excluding hydrogens is 238 g/mol. The van der Waals surface area contributed by atoms with Crippen LogP contribution in [0.25, 0.3) is 5.52 Å². The zero-order valence-corrected chi connectivity index (χ0v) is 9.96. The first-order chi connectivity index (χ1) is 9.27. The molecule has 0 amide bonds. The molecule has 0 unspecified atom stereocenters. The van der Waals surface area contributed by atoms with Gasteiger partial charge >= 0.3 is 0 Å². The smallest absolute Gasteiger partial charge is 0.196 e. The molecule has 0 spiro atoms. The zero-order chi connectivity index (χ0) is 13.0. The van der Waals surface area contributed by atoms with Crippen LogP contribution in [0.3, 0.4) is 0 Å². The average molecular weight is 247 g/mol. The summed E-state index contributed by atoms with van der Waals surface area (Å²) in [5.41, 5.74) is 2.79. The van der Waals surface area contributed by atoms with Crippen molar-refractivity contribution in [1.82, 2.24) is 4.40 Å². The summed E-state index contributed by atoms with van der Waals surface area (Å²) in [6.07, 6.45) is 3.58. The van der Waals surface area contributed by atoms with Crippen LogP contribution < -0.4 is 0 Å². The molecule has 2 heterocycles. The standard InChI is InChI=1S/C16H9NO2/c18-15-10-5-1-2-6-11(10)16(19)14-12(15)9-17-8-4-3-7-13(14)17/h1-9H. The van der Waals surface area contributed by atoms with Gasteiger partial charge in [0, 0.05) is 23.5 Å². The second-order valence-corrected chi connectivity index (χ2v) is 4.61. The summed E-state index contributed by atoms with van der Waals surface area (Å²) in [6.45, 7) is 0. The van der Waals surface area contributed by atoms with Crippen molar-refractivity contribution < 1.29 is 9.59 Å². The van der Waals surface area contributed by atoms with E-state index in [4.69, 9.17) is 0 Å². The molecule has 1 aliphatic rings. The first-order valence-corrected chi connectivity index (χ1v) is 6.05. The van der Waals surface area contributed by atoms with Gasteiger partial charge in [-0.25, -0.2) is 0 Å². The highest BCUT2D eigenvalue weighted by Crippen LogP contribution is 2.30. The molecule has 2 aromatic heterocycles. The van der Waals surface area contributed by atoms with Gasteiger partial charge in [-0.15, -0.1) is 0 Å². The topological polar surface area (TPSA) is 38.5 Å². The lowest BCUT2D eigenvalue weighted by Gasteiger charge is -2.13. The molecule has 0 N–H and O–H groups in total. The third kappa shape index (κ3) is 1.21. The Bertz CT molecular complexity index is 858. The predicted octanol–water partition coefficient (Wildman–Crippen LogP) is 2.71. The highest BCUT2D eigenvalue weighted by atomic mass is 16.1. The summed E-state index contributed by atoms with van der Waals surface area (Å²) in [5, 5.41) is 0. The van der Waals surface area contributed by atoms with Crippen LogP contribution in [-0.4, -0.2) is 16.0 Å². The second kappa shape index (κ2) is 3.42. The number of nitrogens with zero attached hydrogens (tertiary/aromatic N) is 1. The van der Waals surface area contributed by atoms with E-state index in [1.165, 1.54) is 0 Å². The van der Waals surface area contributed by atoms with Crippen molar-refractivity contribution in [3.8, 4) is 0 Å². The number of hydrogen-bond acceptors (Lipinski definition) is 2. The number of aromatic nitrogens is 1. The van der Waals surface area contributed by atoms with Crippen molar-refractivity contribution in [3.63, 3.8) is 0 Å². The van der Waals surface area contributed by atoms with Gasteiger partial charge < -0.3 is 4.40 Å². The quantitative estimate of drug-likeness (QED) is 0.479. The zero-order valence-electron chi connectivity index (χ0n) is 9.96. The van der Waals surface area contributed by atoms with Gasteiger partial charge in [-0.2, -0.15) is 0 Å². The van der Waals surface area contributed by atoms with Crippen molar-refractivity contribution in [3.05, 3.63) is 77.1 Å². The normalized spacial score (nSPS) is 13.5. The average Bonchev–Trinajstić information content (AvgIpc) is 2.84. The molecule has 0 radical (unpaired) electrons. The van der Waals surface area contributed by atoms with E-state index in [0.29, 0.717) is 22.3 Å². The summed E-state index contributed by atoms with van der Waals surface area (Å²) in [5.74, 6) is -0.146. The minimum absolute atomic E-state index is 0.0705. The molecule has 19 heavy (non-hydrogen) atoms. The molecule has 1 aliphatic carbocycles. The van der Waals surface area contributed by atoms with Crippen LogP contribution in [0.1, 0.15) is 31.8 Å². The summed E-state index contributed by atoms with van der Waals surface area (Å²) in [6, 6.07) is 12.6. The Hall–Kier alpha value is -2.68. The largest absolute Gasteiger partial charge is 0.322 e. The molecule has 0 fully saturated rings. The molecule has 3 heteroatoms. The highest BCUT2D eigenvalue weighted by molar-refractivity contribution is 6.30. The Morgan fingerprint density at radius 1 is 0.737 bits per heavy atom. The van der Waals surface area contributed by atoms with Gasteiger partial charge in [-0.3, -0.25) is 9.59 Å². The summed E-state index contributed by atoms with van der Waals surface area (Å²) in [7, 11) is 0. The highest BCUT2D eigenvalue weighted by Gasteiger charge is 2.32. The van der Waals surface area contributed by atoms with Crippen LogP contribution in [0, 0.1) is 0 Å². The third-order valence-electron chi connectivity index (χ3n) is 3.57. The minimum atomic E-state index is -0.0751. The molecular formula is C16H9NO2. The lowest BCUT2D eigenvalue weighted by Crippen LogP contribution is -2.19. The Labute approximate surface area is 109 Å². The summed E-state index contributed by atoms with van der Waals surface area (Å²) >= 11 is 0. The number of rotatable bonds is 0. The number of ketones is 2. The number of carbonyl (C=O) groups excluding carboxylic acids is 2. The van der Waals surface area contributed by atoms with Gasteiger partial charge in [-0.1, -0.05) is 30.3 Å². The van der Waals surface area contributed by atoms with E-state index in [1.54, 1.807) is 30.5 Å². The van der Waals surface area contributed by atoms with Crippen molar-refractivity contribution in [1.29, 1.82) is 0 Å². The lowest BCUT2D eigenvalue weighted by molar-refractivity contribution is 0.0981. The maximum Gasteiger partial charge on any atom is 0.196 e. The van der Waals surface area contributed by atoms with E-state index in [9.17, 15) is 9.59 Å². The number of carbonyl (C=O) groups is 2. The van der Waals surface area contributed by atoms with E-state index >= 15 is 0 Å². The molecule has 0 atom stereocenters. The number of benzene rings is 1. The molecule has 0 saturated carbocycles. The van der Waals surface area contributed by atoms with E-state index in [0.717, 1.165) is 5.52 Å². The molecule has 90 valence electrons. The first kappa shape index (κ1) is 10.3. The Kier molecular flexibility index (Phi) is 1.85. The molecule has 1 aromatic carbocycles. The van der Waals surface area contributed by atoms with Gasteiger partial charge in [0.15, 0.2) is 11.6 Å². The fourth-order valence-corrected chi connectivity index (χ4v) is 2.69. The van der Waals surface area contributed by atoms with Crippen LogP contribution in [-0.2, 0) is 0 Å². The fourth-order valence-electron chi connectivity index (χ4n) is 2.69. The molecule has 4 rings (SSSR count). The molecule has 0 aliphatic heterocycles. The summed E-state index contributed by atoms with van der Waals surface area (Å²) < 4.78 is 1.83. The van der Waals surface area contributed by atoms with Crippen LogP contribution in [0.5, 0.6) is 0 Å². The van der Waals surface area contributed by atoms with E-state index in [1.807, 2.05) is 28.8 Å². The van der Waals surface area contributed by atoms with Gasteiger partial charge in [-0.05, 0) is 12.1 Å².